The Morgan fingerprint density at radius 1 is 1.10 bits per heavy atom. The number of benzene rings is 2. The zero-order chi connectivity index (χ0) is 14.4. The van der Waals surface area contributed by atoms with Gasteiger partial charge in [-0.1, -0.05) is 36.4 Å². The van der Waals surface area contributed by atoms with Gasteiger partial charge in [-0.15, -0.1) is 11.3 Å². The van der Waals surface area contributed by atoms with Crippen molar-refractivity contribution in [1.29, 1.82) is 0 Å². The first-order valence-corrected chi connectivity index (χ1v) is 8.40. The van der Waals surface area contributed by atoms with Gasteiger partial charge >= 0.3 is 0 Å². The lowest BCUT2D eigenvalue weighted by atomic mass is 9.87. The smallest absolute Gasteiger partial charge is 0.225 e. The zero-order valence-electron chi connectivity index (χ0n) is 11.1. The lowest BCUT2D eigenvalue weighted by Crippen LogP contribution is -2.23. The third-order valence-corrected chi connectivity index (χ3v) is 5.67. The van der Waals surface area contributed by atoms with Gasteiger partial charge in [0.15, 0.2) is 0 Å². The lowest BCUT2D eigenvalue weighted by molar-refractivity contribution is -0.116. The van der Waals surface area contributed by atoms with Crippen LogP contribution in [-0.2, 0) is 4.79 Å². The minimum absolute atomic E-state index is 0.0911. The van der Waals surface area contributed by atoms with E-state index in [1.807, 2.05) is 18.2 Å². The van der Waals surface area contributed by atoms with Crippen LogP contribution in [0.2, 0.25) is 0 Å². The number of rotatable bonds is 1. The number of fused-ring (bicyclic) bond motifs is 3. The Morgan fingerprint density at radius 3 is 2.76 bits per heavy atom. The molecule has 2 heterocycles. The molecule has 0 aliphatic carbocycles. The Bertz CT molecular complexity index is 855. The second kappa shape index (κ2) is 4.97. The van der Waals surface area contributed by atoms with Gasteiger partial charge in [-0.05, 0) is 39.0 Å². The van der Waals surface area contributed by atoms with Gasteiger partial charge in [-0.2, -0.15) is 0 Å². The molecule has 0 radical (unpaired) electrons. The van der Waals surface area contributed by atoms with Crippen LogP contribution in [0.15, 0.2) is 52.3 Å². The molecule has 4 rings (SSSR count). The predicted molar refractivity (Wildman–Crippen MR) is 91.1 cm³/mol. The highest BCUT2D eigenvalue weighted by molar-refractivity contribution is 9.11. The van der Waals surface area contributed by atoms with E-state index >= 15 is 0 Å². The largest absolute Gasteiger partial charge is 0.325 e. The van der Waals surface area contributed by atoms with E-state index in [-0.39, 0.29) is 11.8 Å². The van der Waals surface area contributed by atoms with E-state index in [9.17, 15) is 4.79 Å². The van der Waals surface area contributed by atoms with Crippen molar-refractivity contribution in [2.45, 2.75) is 12.3 Å². The summed E-state index contributed by atoms with van der Waals surface area (Å²) in [6.07, 6.45) is 0.512. The highest BCUT2D eigenvalue weighted by Gasteiger charge is 2.28. The summed E-state index contributed by atoms with van der Waals surface area (Å²) in [4.78, 5) is 13.4. The van der Waals surface area contributed by atoms with E-state index in [1.54, 1.807) is 11.3 Å². The summed E-state index contributed by atoms with van der Waals surface area (Å²) in [5.74, 6) is 0.239. The lowest BCUT2D eigenvalue weighted by Gasteiger charge is -2.26. The van der Waals surface area contributed by atoms with Crippen LogP contribution in [0.1, 0.15) is 22.8 Å². The van der Waals surface area contributed by atoms with Crippen molar-refractivity contribution in [2.75, 3.05) is 5.32 Å². The summed E-state index contributed by atoms with van der Waals surface area (Å²) >= 11 is 5.21. The first-order chi connectivity index (χ1) is 10.2. The number of anilines is 1. The van der Waals surface area contributed by atoms with Gasteiger partial charge in [0, 0.05) is 22.6 Å². The first-order valence-electron chi connectivity index (χ1n) is 6.79. The van der Waals surface area contributed by atoms with Gasteiger partial charge in [-0.25, -0.2) is 0 Å². The summed E-state index contributed by atoms with van der Waals surface area (Å²) in [6, 6.07) is 16.6. The van der Waals surface area contributed by atoms with Crippen molar-refractivity contribution in [3.63, 3.8) is 0 Å². The molecule has 1 aliphatic heterocycles. The maximum atomic E-state index is 12.1. The average molecular weight is 358 g/mol. The summed E-state index contributed by atoms with van der Waals surface area (Å²) in [7, 11) is 0. The van der Waals surface area contributed by atoms with Crippen LogP contribution < -0.4 is 5.32 Å². The van der Waals surface area contributed by atoms with Crippen molar-refractivity contribution in [2.24, 2.45) is 0 Å². The first kappa shape index (κ1) is 13.0. The van der Waals surface area contributed by atoms with Crippen molar-refractivity contribution in [1.82, 2.24) is 0 Å². The van der Waals surface area contributed by atoms with E-state index in [1.165, 1.54) is 10.4 Å². The standard InChI is InChI=1S/C17H12BrNOS/c18-15-8-7-14(21-15)13-9-16(20)19-17-11-4-2-1-3-10(11)5-6-12(13)17/h1-8,13H,9H2,(H,19,20)/t13-/m1/s1. The van der Waals surface area contributed by atoms with Crippen molar-refractivity contribution < 1.29 is 4.79 Å². The number of halogens is 1. The molecule has 104 valence electrons. The van der Waals surface area contributed by atoms with Crippen LogP contribution in [0.5, 0.6) is 0 Å². The molecule has 2 aromatic carbocycles. The minimum Gasteiger partial charge on any atom is -0.325 e. The molecule has 0 saturated carbocycles. The molecular weight excluding hydrogens is 346 g/mol. The zero-order valence-corrected chi connectivity index (χ0v) is 13.5. The summed E-state index contributed by atoms with van der Waals surface area (Å²) < 4.78 is 1.10. The molecule has 1 amide bonds. The molecule has 1 N–H and O–H groups in total. The van der Waals surface area contributed by atoms with Crippen LogP contribution in [-0.4, -0.2) is 5.91 Å². The average Bonchev–Trinajstić information content (AvgIpc) is 2.93. The maximum absolute atomic E-state index is 12.1. The van der Waals surface area contributed by atoms with Gasteiger partial charge < -0.3 is 5.32 Å². The molecule has 0 spiro atoms. The van der Waals surface area contributed by atoms with Crippen LogP contribution in [0, 0.1) is 0 Å². The Morgan fingerprint density at radius 2 is 1.95 bits per heavy atom. The molecule has 0 saturated heterocycles. The van der Waals surface area contributed by atoms with Crippen molar-refractivity contribution >= 4 is 49.6 Å². The van der Waals surface area contributed by atoms with Crippen LogP contribution in [0.25, 0.3) is 10.8 Å². The normalized spacial score (nSPS) is 17.6. The molecule has 4 heteroatoms. The number of hydrogen-bond donors (Lipinski definition) is 1. The van der Waals surface area contributed by atoms with E-state index in [0.717, 1.165) is 20.2 Å². The highest BCUT2D eigenvalue weighted by Crippen LogP contribution is 2.43. The quantitative estimate of drug-likeness (QED) is 0.641. The molecule has 2 nitrogen and oxygen atoms in total. The monoisotopic (exact) mass is 357 g/mol. The van der Waals surface area contributed by atoms with Gasteiger partial charge in [0.25, 0.3) is 0 Å². The molecule has 1 aromatic heterocycles. The molecular formula is C17H12BrNOS. The second-order valence-electron chi connectivity index (χ2n) is 5.20. The van der Waals surface area contributed by atoms with Gasteiger partial charge in [0.2, 0.25) is 5.91 Å². The summed E-state index contributed by atoms with van der Waals surface area (Å²) in [5.41, 5.74) is 2.18. The fraction of sp³-hybridized carbons (Fsp3) is 0.118. The Hall–Kier alpha value is -1.65. The number of carbonyl (C=O) groups is 1. The van der Waals surface area contributed by atoms with Crippen LogP contribution in [0.4, 0.5) is 5.69 Å². The van der Waals surface area contributed by atoms with Crippen LogP contribution >= 0.6 is 27.3 Å². The molecule has 0 bridgehead atoms. The second-order valence-corrected chi connectivity index (χ2v) is 7.69. The molecule has 1 aliphatic rings. The van der Waals surface area contributed by atoms with E-state index in [2.05, 4.69) is 51.6 Å². The highest BCUT2D eigenvalue weighted by atomic mass is 79.9. The SMILES string of the molecule is O=C1C[C@@H](c2ccc(Br)s2)c2ccc3ccccc3c2N1. The van der Waals surface area contributed by atoms with Crippen LogP contribution in [0.3, 0.4) is 0 Å². The molecule has 0 unspecified atom stereocenters. The Balaban J connectivity index is 1.95. The Labute approximate surface area is 134 Å². The summed E-state index contributed by atoms with van der Waals surface area (Å²) in [5, 5.41) is 5.33. The van der Waals surface area contributed by atoms with E-state index in [4.69, 9.17) is 0 Å². The third-order valence-electron chi connectivity index (χ3n) is 3.93. The fourth-order valence-corrected chi connectivity index (χ4v) is 4.52. The van der Waals surface area contributed by atoms with E-state index < -0.39 is 0 Å². The van der Waals surface area contributed by atoms with E-state index in [0.29, 0.717) is 6.42 Å². The fourth-order valence-electron chi connectivity index (χ4n) is 2.97. The van der Waals surface area contributed by atoms with Crippen molar-refractivity contribution in [3.8, 4) is 0 Å². The molecule has 21 heavy (non-hydrogen) atoms. The molecule has 0 fully saturated rings. The topological polar surface area (TPSA) is 29.1 Å². The molecule has 1 atom stereocenters. The predicted octanol–water partition coefficient (Wildman–Crippen LogP) is 5.14. The summed E-state index contributed by atoms with van der Waals surface area (Å²) in [6.45, 7) is 0. The maximum Gasteiger partial charge on any atom is 0.225 e. The number of amides is 1. The number of nitrogens with one attached hydrogen (secondary N) is 1. The van der Waals surface area contributed by atoms with Gasteiger partial charge in [0.05, 0.1) is 9.47 Å². The number of carbonyl (C=O) groups excluding carboxylic acids is 1. The third kappa shape index (κ3) is 2.19. The number of hydrogen-bond acceptors (Lipinski definition) is 2. The number of thiophene rings is 1. The minimum atomic E-state index is 0.0911. The van der Waals surface area contributed by atoms with Gasteiger partial charge in [-0.3, -0.25) is 4.79 Å². The molecule has 3 aromatic rings. The van der Waals surface area contributed by atoms with Gasteiger partial charge in [0.1, 0.15) is 0 Å². The van der Waals surface area contributed by atoms with Crippen molar-refractivity contribution in [3.05, 3.63) is 62.8 Å². The Kier molecular flexibility index (Phi) is 3.08.